The molecule has 1 aromatic heterocycles. The molecule has 1 aliphatic rings. The van der Waals surface area contributed by atoms with Crippen molar-refractivity contribution in [3.63, 3.8) is 0 Å². The first-order valence-corrected chi connectivity index (χ1v) is 7.06. The smallest absolute Gasteiger partial charge is 0.391 e. The van der Waals surface area contributed by atoms with Crippen LogP contribution in [-0.4, -0.2) is 44.0 Å². The molecule has 9 nitrogen and oxygen atoms in total. The Bertz CT molecular complexity index is 645. The molecule has 1 aliphatic heterocycles. The Morgan fingerprint density at radius 1 is 1.57 bits per heavy atom. The number of aromatic amines is 1. The average molecular weight is 323 g/mol. The number of nitrogens with one attached hydrogen (secondary N) is 1. The number of aromatic nitrogens is 2. The molecule has 2 heterocycles. The van der Waals surface area contributed by atoms with Gasteiger partial charge in [0, 0.05) is 16.8 Å². The van der Waals surface area contributed by atoms with Gasteiger partial charge in [0.15, 0.2) is 18.5 Å². The van der Waals surface area contributed by atoms with Gasteiger partial charge in [0.05, 0.1) is 6.10 Å². The fourth-order valence-corrected chi connectivity index (χ4v) is 2.56. The van der Waals surface area contributed by atoms with E-state index in [-0.39, 0.29) is 0 Å². The third-order valence-electron chi connectivity index (χ3n) is 3.02. The van der Waals surface area contributed by atoms with Crippen molar-refractivity contribution in [1.29, 1.82) is 0 Å². The molecule has 2 rings (SSSR count). The Labute approximate surface area is 117 Å². The van der Waals surface area contributed by atoms with Crippen LogP contribution < -0.4 is 11.2 Å². The monoisotopic (exact) mass is 323 g/mol. The van der Waals surface area contributed by atoms with E-state index in [1.54, 1.807) is 0 Å². The van der Waals surface area contributed by atoms with Gasteiger partial charge >= 0.3 is 13.9 Å². The maximum absolute atomic E-state index is 14.3. The van der Waals surface area contributed by atoms with E-state index in [1.807, 2.05) is 4.98 Å². The van der Waals surface area contributed by atoms with E-state index in [2.05, 4.69) is 4.52 Å². The zero-order chi connectivity index (χ0) is 15.7. The maximum atomic E-state index is 14.3. The summed E-state index contributed by atoms with van der Waals surface area (Å²) < 4.78 is 35.6. The summed E-state index contributed by atoms with van der Waals surface area (Å²) in [6.07, 6.45) is -6.42. The molecule has 0 saturated carbocycles. The molecule has 3 unspecified atom stereocenters. The van der Waals surface area contributed by atoms with Gasteiger partial charge in [-0.2, -0.15) is 0 Å². The first-order valence-electron chi connectivity index (χ1n) is 5.93. The zero-order valence-corrected chi connectivity index (χ0v) is 11.6. The van der Waals surface area contributed by atoms with Gasteiger partial charge in [-0.1, -0.05) is 0 Å². The van der Waals surface area contributed by atoms with Crippen LogP contribution in [0.25, 0.3) is 0 Å². The second-order valence-electron chi connectivity index (χ2n) is 4.50. The van der Waals surface area contributed by atoms with Crippen molar-refractivity contribution in [2.75, 3.05) is 0 Å². The number of aliphatic hydroxyl groups excluding tert-OH is 1. The van der Waals surface area contributed by atoms with Crippen molar-refractivity contribution in [1.82, 2.24) is 9.55 Å². The van der Waals surface area contributed by atoms with Gasteiger partial charge in [0.1, 0.15) is 6.10 Å². The summed E-state index contributed by atoms with van der Waals surface area (Å²) in [7, 11) is -3.12. The molecule has 0 bridgehead atoms. The van der Waals surface area contributed by atoms with Crippen LogP contribution in [0.3, 0.4) is 0 Å². The van der Waals surface area contributed by atoms with Crippen molar-refractivity contribution in [3.05, 3.63) is 33.1 Å². The molecular formula is C10H13FN2O7P+. The van der Waals surface area contributed by atoms with E-state index in [0.717, 1.165) is 16.8 Å². The SMILES string of the molecule is C[C@H](O)[C@H]1O[C@@H](n2ccc(=O)[nH]c2=O)C(F)C1O[P+](=O)O. The van der Waals surface area contributed by atoms with E-state index < -0.39 is 50.2 Å². The number of hydrogen-bond acceptors (Lipinski definition) is 6. The van der Waals surface area contributed by atoms with Crippen LogP contribution in [0.15, 0.2) is 21.9 Å². The van der Waals surface area contributed by atoms with Crippen LogP contribution >= 0.6 is 8.25 Å². The van der Waals surface area contributed by atoms with Gasteiger partial charge in [0.2, 0.25) is 0 Å². The highest BCUT2D eigenvalue weighted by Crippen LogP contribution is 2.38. The Kier molecular flexibility index (Phi) is 4.64. The lowest BCUT2D eigenvalue weighted by atomic mass is 10.1. The van der Waals surface area contributed by atoms with Crippen LogP contribution in [0.2, 0.25) is 0 Å². The molecule has 116 valence electrons. The van der Waals surface area contributed by atoms with Crippen molar-refractivity contribution < 1.29 is 28.2 Å². The number of halogens is 1. The lowest BCUT2D eigenvalue weighted by Crippen LogP contribution is -2.37. The summed E-state index contributed by atoms with van der Waals surface area (Å²) in [5.74, 6) is 0. The molecule has 0 aromatic carbocycles. The molecule has 11 heteroatoms. The summed E-state index contributed by atoms with van der Waals surface area (Å²) in [5, 5.41) is 9.54. The van der Waals surface area contributed by atoms with E-state index in [9.17, 15) is 23.7 Å². The number of ether oxygens (including phenoxy) is 1. The average Bonchev–Trinajstić information content (AvgIpc) is 2.67. The van der Waals surface area contributed by atoms with Crippen LogP contribution in [0.4, 0.5) is 4.39 Å². The highest BCUT2D eigenvalue weighted by molar-refractivity contribution is 7.32. The van der Waals surface area contributed by atoms with Crippen LogP contribution in [0.1, 0.15) is 13.2 Å². The number of aliphatic hydroxyl groups is 1. The van der Waals surface area contributed by atoms with E-state index in [4.69, 9.17) is 9.63 Å². The zero-order valence-electron chi connectivity index (χ0n) is 10.7. The highest BCUT2D eigenvalue weighted by Gasteiger charge is 2.53. The predicted octanol–water partition coefficient (Wildman–Crippen LogP) is -0.812. The summed E-state index contributed by atoms with van der Waals surface area (Å²) in [6.45, 7) is 1.29. The van der Waals surface area contributed by atoms with Gasteiger partial charge < -0.3 is 9.84 Å². The molecule has 3 N–H and O–H groups in total. The summed E-state index contributed by atoms with van der Waals surface area (Å²) in [4.78, 5) is 33.3. The van der Waals surface area contributed by atoms with Gasteiger partial charge in [-0.05, 0) is 6.92 Å². The second kappa shape index (κ2) is 6.12. The van der Waals surface area contributed by atoms with Gasteiger partial charge in [-0.25, -0.2) is 9.18 Å². The van der Waals surface area contributed by atoms with Crippen LogP contribution in [-0.2, 0) is 13.8 Å². The third-order valence-corrected chi connectivity index (χ3v) is 3.44. The fraction of sp³-hybridized carbons (Fsp3) is 0.600. The van der Waals surface area contributed by atoms with Gasteiger partial charge in [0.25, 0.3) is 5.56 Å². The third kappa shape index (κ3) is 3.25. The first kappa shape index (κ1) is 15.9. The minimum absolute atomic E-state index is 0.664. The lowest BCUT2D eigenvalue weighted by molar-refractivity contribution is -0.0756. The Morgan fingerprint density at radius 2 is 2.24 bits per heavy atom. The van der Waals surface area contributed by atoms with Crippen molar-refractivity contribution >= 4 is 8.25 Å². The van der Waals surface area contributed by atoms with E-state index >= 15 is 0 Å². The molecule has 0 radical (unpaired) electrons. The molecule has 21 heavy (non-hydrogen) atoms. The number of nitrogens with zero attached hydrogens (tertiary/aromatic N) is 1. The minimum Gasteiger partial charge on any atom is -0.391 e. The molecule has 0 spiro atoms. The van der Waals surface area contributed by atoms with Gasteiger partial charge in [-0.15, -0.1) is 9.42 Å². The summed E-state index contributed by atoms with van der Waals surface area (Å²) >= 11 is 0. The molecule has 1 aromatic rings. The maximum Gasteiger partial charge on any atom is 0.695 e. The minimum atomic E-state index is -3.12. The van der Waals surface area contributed by atoms with Crippen molar-refractivity contribution in [2.45, 2.75) is 37.6 Å². The van der Waals surface area contributed by atoms with Crippen molar-refractivity contribution in [2.24, 2.45) is 0 Å². The number of H-pyrrole nitrogens is 1. The number of hydrogen-bond donors (Lipinski definition) is 3. The molecule has 0 amide bonds. The topological polar surface area (TPSA) is 131 Å². The standard InChI is InChI=1S/C10H12FN2O7P/c1-4(14)7-8(20-21(17)18)6(11)9(19-7)13-3-2-5(15)12-10(13)16/h2-4,6-9,14H,1H3,(H-,12,15,16,17,18)/p+1/t4-,6?,7+,8?,9+/m0/s1. The number of rotatable bonds is 4. The largest absolute Gasteiger partial charge is 0.695 e. The second-order valence-corrected chi connectivity index (χ2v) is 5.19. The summed E-state index contributed by atoms with van der Waals surface area (Å²) in [6, 6.07) is 0.996. The molecule has 0 aliphatic carbocycles. The van der Waals surface area contributed by atoms with Gasteiger partial charge in [-0.3, -0.25) is 14.3 Å². The normalized spacial score (nSPS) is 31.1. The quantitative estimate of drug-likeness (QED) is 0.617. The van der Waals surface area contributed by atoms with Crippen LogP contribution in [0, 0.1) is 0 Å². The number of alkyl halides is 1. The molecular weight excluding hydrogens is 310 g/mol. The fourth-order valence-electron chi connectivity index (χ4n) is 2.11. The molecule has 1 saturated heterocycles. The molecule has 1 fully saturated rings. The molecule has 6 atom stereocenters. The Morgan fingerprint density at radius 3 is 2.76 bits per heavy atom. The van der Waals surface area contributed by atoms with E-state index in [1.165, 1.54) is 6.92 Å². The Hall–Kier alpha value is -1.45. The first-order chi connectivity index (χ1) is 9.81. The predicted molar refractivity (Wildman–Crippen MR) is 66.5 cm³/mol. The Balaban J connectivity index is 2.35. The highest BCUT2D eigenvalue weighted by atomic mass is 31.1. The van der Waals surface area contributed by atoms with Crippen LogP contribution in [0.5, 0.6) is 0 Å². The van der Waals surface area contributed by atoms with E-state index in [0.29, 0.717) is 0 Å². The summed E-state index contributed by atoms with van der Waals surface area (Å²) in [5.41, 5.74) is -1.57. The van der Waals surface area contributed by atoms with Crippen molar-refractivity contribution in [3.8, 4) is 0 Å². The lowest BCUT2D eigenvalue weighted by Gasteiger charge is -2.17.